The number of hydrogen-bond acceptors (Lipinski definition) is 6. The highest BCUT2D eigenvalue weighted by molar-refractivity contribution is 7.99. The van der Waals surface area contributed by atoms with Crippen LogP contribution in [0.25, 0.3) is 22.3 Å². The second-order valence-electron chi connectivity index (χ2n) is 8.40. The first kappa shape index (κ1) is 24.0. The molecular formula is C30H21N3O3S2. The molecule has 0 spiro atoms. The van der Waals surface area contributed by atoms with Gasteiger partial charge in [0.15, 0.2) is 6.61 Å². The number of benzene rings is 3. The maximum absolute atomic E-state index is 13.3. The summed E-state index contributed by atoms with van der Waals surface area (Å²) in [4.78, 5) is 30.5. The summed E-state index contributed by atoms with van der Waals surface area (Å²) in [6.45, 7) is -0.377. The number of thiophene rings is 1. The molecule has 0 atom stereocenters. The van der Waals surface area contributed by atoms with Crippen LogP contribution in [0.15, 0.2) is 118 Å². The topological polar surface area (TPSA) is 64.4 Å². The van der Waals surface area contributed by atoms with Crippen LogP contribution in [0.1, 0.15) is 5.56 Å². The molecule has 1 amide bonds. The minimum absolute atomic E-state index is 0.317. The summed E-state index contributed by atoms with van der Waals surface area (Å²) in [6.07, 6.45) is 4.89. The number of esters is 1. The number of rotatable bonds is 6. The zero-order valence-corrected chi connectivity index (χ0v) is 21.7. The van der Waals surface area contributed by atoms with Gasteiger partial charge < -0.3 is 4.74 Å². The molecule has 0 unspecified atom stereocenters. The zero-order chi connectivity index (χ0) is 25.9. The first-order chi connectivity index (χ1) is 18.7. The Morgan fingerprint density at radius 1 is 0.842 bits per heavy atom. The summed E-state index contributed by atoms with van der Waals surface area (Å²) in [7, 11) is 0. The molecule has 6 rings (SSSR count). The number of ether oxygens (including phenoxy) is 1. The van der Waals surface area contributed by atoms with Crippen molar-refractivity contribution in [3.63, 3.8) is 0 Å². The van der Waals surface area contributed by atoms with E-state index in [-0.39, 0.29) is 12.5 Å². The molecule has 6 nitrogen and oxygen atoms in total. The summed E-state index contributed by atoms with van der Waals surface area (Å²) in [5, 5.41) is 6.73. The van der Waals surface area contributed by atoms with E-state index in [0.717, 1.165) is 43.0 Å². The highest BCUT2D eigenvalue weighted by atomic mass is 32.2. The summed E-state index contributed by atoms with van der Waals surface area (Å²) in [6, 6.07) is 29.1. The molecular weight excluding hydrogens is 514 g/mol. The molecule has 3 aromatic carbocycles. The van der Waals surface area contributed by atoms with Gasteiger partial charge in [0.25, 0.3) is 5.91 Å². The van der Waals surface area contributed by atoms with E-state index in [0.29, 0.717) is 0 Å². The maximum Gasteiger partial charge on any atom is 0.331 e. The monoisotopic (exact) mass is 535 g/mol. The summed E-state index contributed by atoms with van der Waals surface area (Å²) in [5.41, 5.74) is 4.01. The molecule has 1 aliphatic heterocycles. The van der Waals surface area contributed by atoms with Gasteiger partial charge in [0, 0.05) is 27.6 Å². The fraction of sp³-hybridized carbons (Fsp3) is 0.0333. The van der Waals surface area contributed by atoms with Crippen molar-refractivity contribution in [2.75, 3.05) is 11.5 Å². The highest BCUT2D eigenvalue weighted by Crippen LogP contribution is 2.47. The average Bonchev–Trinajstić information content (AvgIpc) is 3.64. The Balaban J connectivity index is 1.20. The van der Waals surface area contributed by atoms with E-state index in [1.54, 1.807) is 38.8 Å². The van der Waals surface area contributed by atoms with Gasteiger partial charge in [-0.3, -0.25) is 9.69 Å². The van der Waals surface area contributed by atoms with Crippen molar-refractivity contribution < 1.29 is 14.3 Å². The van der Waals surface area contributed by atoms with Crippen LogP contribution in [0.4, 0.5) is 11.4 Å². The molecule has 0 aliphatic carbocycles. The number of aromatic nitrogens is 2. The van der Waals surface area contributed by atoms with E-state index in [1.165, 1.54) is 6.08 Å². The Hall–Kier alpha value is -4.40. The minimum atomic E-state index is -0.601. The number of fused-ring (bicyclic) bond motifs is 2. The number of anilines is 2. The number of nitrogens with zero attached hydrogens (tertiary/aromatic N) is 3. The Kier molecular flexibility index (Phi) is 6.64. The van der Waals surface area contributed by atoms with E-state index in [2.05, 4.69) is 0 Å². The molecule has 0 saturated heterocycles. The van der Waals surface area contributed by atoms with E-state index in [4.69, 9.17) is 9.84 Å². The van der Waals surface area contributed by atoms with Crippen molar-refractivity contribution in [3.8, 4) is 16.3 Å². The number of carbonyl (C=O) groups excluding carboxylic acids is 2. The Morgan fingerprint density at radius 2 is 1.53 bits per heavy atom. The second kappa shape index (κ2) is 10.5. The molecule has 0 radical (unpaired) electrons. The van der Waals surface area contributed by atoms with Crippen molar-refractivity contribution in [1.29, 1.82) is 0 Å². The standard InChI is InChI=1S/C30H21N3O3S2/c34-28(33-23-11-4-6-13-25(23)38-26-14-7-5-12-24(26)33)20-36-29(35)17-16-21-19-32(22-9-2-1-3-10-22)31-30(21)27-15-8-18-37-27/h1-19H,20H2/b17-16+. The Morgan fingerprint density at radius 3 is 2.21 bits per heavy atom. The normalized spacial score (nSPS) is 12.3. The third kappa shape index (κ3) is 4.79. The van der Waals surface area contributed by atoms with Crippen LogP contribution in [-0.4, -0.2) is 28.3 Å². The van der Waals surface area contributed by atoms with Gasteiger partial charge in [0.1, 0.15) is 5.69 Å². The van der Waals surface area contributed by atoms with Crippen LogP contribution in [0.5, 0.6) is 0 Å². The molecule has 8 heteroatoms. The molecule has 5 aromatic rings. The molecule has 0 N–H and O–H groups in total. The quantitative estimate of drug-likeness (QED) is 0.173. The molecule has 1 aliphatic rings. The smallest absolute Gasteiger partial charge is 0.331 e. The van der Waals surface area contributed by atoms with Crippen molar-refractivity contribution in [3.05, 3.63) is 114 Å². The third-order valence-corrected chi connectivity index (χ3v) is 7.94. The van der Waals surface area contributed by atoms with Crippen molar-refractivity contribution in [1.82, 2.24) is 9.78 Å². The fourth-order valence-electron chi connectivity index (χ4n) is 4.20. The maximum atomic E-state index is 13.3. The predicted octanol–water partition coefficient (Wildman–Crippen LogP) is 6.99. The van der Waals surface area contributed by atoms with Gasteiger partial charge >= 0.3 is 5.97 Å². The first-order valence-corrected chi connectivity index (χ1v) is 13.6. The predicted molar refractivity (Wildman–Crippen MR) is 151 cm³/mol. The molecule has 2 aromatic heterocycles. The number of carbonyl (C=O) groups is 2. The second-order valence-corrected chi connectivity index (χ2v) is 10.4. The van der Waals surface area contributed by atoms with Gasteiger partial charge in [-0.1, -0.05) is 60.3 Å². The van der Waals surface area contributed by atoms with Gasteiger partial charge in [-0.15, -0.1) is 11.3 Å². The van der Waals surface area contributed by atoms with Crippen LogP contribution in [0, 0.1) is 0 Å². The summed E-state index contributed by atoms with van der Waals surface area (Å²) in [5.74, 6) is -0.918. The lowest BCUT2D eigenvalue weighted by atomic mass is 10.2. The Labute approximate surface area is 227 Å². The lowest BCUT2D eigenvalue weighted by Gasteiger charge is -2.30. The van der Waals surface area contributed by atoms with Crippen LogP contribution in [-0.2, 0) is 14.3 Å². The van der Waals surface area contributed by atoms with E-state index in [1.807, 2.05) is 103 Å². The Bertz CT molecular complexity index is 1600. The van der Waals surface area contributed by atoms with Gasteiger partial charge in [-0.2, -0.15) is 5.10 Å². The van der Waals surface area contributed by atoms with E-state index in [9.17, 15) is 9.59 Å². The van der Waals surface area contributed by atoms with E-state index >= 15 is 0 Å². The SMILES string of the molecule is O=C(/C=C/c1cn(-c2ccccc2)nc1-c1cccs1)OCC(=O)N1c2ccccc2Sc2ccccc21. The van der Waals surface area contributed by atoms with Crippen molar-refractivity contribution >= 4 is 52.4 Å². The van der Waals surface area contributed by atoms with Crippen LogP contribution < -0.4 is 4.90 Å². The lowest BCUT2D eigenvalue weighted by molar-refractivity contribution is -0.142. The number of para-hydroxylation sites is 3. The van der Waals surface area contributed by atoms with Crippen molar-refractivity contribution in [2.45, 2.75) is 9.79 Å². The number of hydrogen-bond donors (Lipinski definition) is 0. The molecule has 186 valence electrons. The van der Waals surface area contributed by atoms with Crippen LogP contribution in [0.2, 0.25) is 0 Å². The zero-order valence-electron chi connectivity index (χ0n) is 20.1. The third-order valence-electron chi connectivity index (χ3n) is 5.94. The van der Waals surface area contributed by atoms with Gasteiger partial charge in [0.2, 0.25) is 0 Å². The van der Waals surface area contributed by atoms with Crippen LogP contribution in [0.3, 0.4) is 0 Å². The minimum Gasteiger partial charge on any atom is -0.452 e. The van der Waals surface area contributed by atoms with Crippen molar-refractivity contribution in [2.24, 2.45) is 0 Å². The molecule has 38 heavy (non-hydrogen) atoms. The fourth-order valence-corrected chi connectivity index (χ4v) is 5.99. The molecule has 3 heterocycles. The summed E-state index contributed by atoms with van der Waals surface area (Å²) >= 11 is 3.19. The average molecular weight is 536 g/mol. The molecule has 0 fully saturated rings. The summed E-state index contributed by atoms with van der Waals surface area (Å²) < 4.78 is 7.17. The molecule has 0 saturated carbocycles. The van der Waals surface area contributed by atoms with E-state index < -0.39 is 5.97 Å². The van der Waals surface area contributed by atoms with Gasteiger partial charge in [-0.25, -0.2) is 9.48 Å². The van der Waals surface area contributed by atoms with Gasteiger partial charge in [0.05, 0.1) is 21.9 Å². The number of amides is 1. The van der Waals surface area contributed by atoms with Gasteiger partial charge in [-0.05, 0) is 53.9 Å². The largest absolute Gasteiger partial charge is 0.452 e. The van der Waals surface area contributed by atoms with Crippen LogP contribution >= 0.6 is 23.1 Å². The highest BCUT2D eigenvalue weighted by Gasteiger charge is 2.28. The molecule has 0 bridgehead atoms. The lowest BCUT2D eigenvalue weighted by Crippen LogP contribution is -2.32. The first-order valence-electron chi connectivity index (χ1n) is 11.9.